The van der Waals surface area contributed by atoms with Crippen molar-refractivity contribution in [1.29, 1.82) is 0 Å². The van der Waals surface area contributed by atoms with E-state index < -0.39 is 24.2 Å². The zero-order valence-corrected chi connectivity index (χ0v) is 18.7. The number of nitrogens with two attached hydrogens (primary N) is 3. The van der Waals surface area contributed by atoms with E-state index >= 15 is 0 Å². The van der Waals surface area contributed by atoms with Gasteiger partial charge in [0.1, 0.15) is 6.04 Å². The van der Waals surface area contributed by atoms with E-state index in [9.17, 15) is 14.7 Å². The summed E-state index contributed by atoms with van der Waals surface area (Å²) in [7, 11) is 0. The number of aliphatic hydroxyl groups is 1. The number of nitrogens with one attached hydrogen (secondary N) is 2. The van der Waals surface area contributed by atoms with Crippen molar-refractivity contribution in [3.8, 4) is 0 Å². The summed E-state index contributed by atoms with van der Waals surface area (Å²) in [5, 5.41) is 16.0. The molecule has 2 rings (SSSR count). The van der Waals surface area contributed by atoms with Gasteiger partial charge >= 0.3 is 0 Å². The van der Waals surface area contributed by atoms with Crippen LogP contribution in [0, 0.1) is 5.92 Å². The highest BCUT2D eigenvalue weighted by molar-refractivity contribution is 5.89. The first-order valence-electron chi connectivity index (χ1n) is 10.8. The fourth-order valence-electron chi connectivity index (χ4n) is 3.35. The summed E-state index contributed by atoms with van der Waals surface area (Å²) in [4.78, 5) is 25.5. The van der Waals surface area contributed by atoms with Gasteiger partial charge in [0.15, 0.2) is 0 Å². The molecule has 9 N–H and O–H groups in total. The summed E-state index contributed by atoms with van der Waals surface area (Å²) >= 11 is 0. The molecule has 174 valence electrons. The number of nitrogen functional groups attached to an aromatic ring is 1. The van der Waals surface area contributed by atoms with Crippen molar-refractivity contribution in [2.75, 3.05) is 12.3 Å². The van der Waals surface area contributed by atoms with Gasteiger partial charge in [-0.2, -0.15) is 0 Å². The summed E-state index contributed by atoms with van der Waals surface area (Å²) in [6.07, 6.45) is -0.148. The highest BCUT2D eigenvalue weighted by Crippen LogP contribution is 2.17. The lowest BCUT2D eigenvalue weighted by molar-refractivity contribution is -0.129. The number of carbonyl (C=O) groups is 2. The van der Waals surface area contributed by atoms with E-state index in [1.165, 1.54) is 0 Å². The molecule has 0 spiro atoms. The summed E-state index contributed by atoms with van der Waals surface area (Å²) in [5.74, 6) is -0.509. The number of aliphatic hydroxyl groups excluding tert-OH is 1. The Morgan fingerprint density at radius 3 is 2.19 bits per heavy atom. The van der Waals surface area contributed by atoms with Crippen molar-refractivity contribution in [3.63, 3.8) is 0 Å². The van der Waals surface area contributed by atoms with Crippen LogP contribution in [0.15, 0.2) is 54.6 Å². The minimum absolute atomic E-state index is 0.0313. The molecule has 8 heteroatoms. The molecule has 0 aliphatic heterocycles. The highest BCUT2D eigenvalue weighted by atomic mass is 16.3. The fraction of sp³-hybridized carbons (Fsp3) is 0.417. The Kier molecular flexibility index (Phi) is 9.64. The normalized spacial score (nSPS) is 14.9. The van der Waals surface area contributed by atoms with Gasteiger partial charge in [0.25, 0.3) is 0 Å². The number of hydrogen-bond acceptors (Lipinski definition) is 6. The molecule has 2 aromatic carbocycles. The van der Waals surface area contributed by atoms with Gasteiger partial charge in [0, 0.05) is 18.7 Å². The van der Waals surface area contributed by atoms with Crippen molar-refractivity contribution >= 4 is 17.5 Å². The summed E-state index contributed by atoms with van der Waals surface area (Å²) < 4.78 is 0. The number of hydrogen-bond donors (Lipinski definition) is 6. The van der Waals surface area contributed by atoms with E-state index in [0.29, 0.717) is 24.1 Å². The SMILES string of the molecule is CC(C)CC(N)C(=O)NC(Cc1ccccc1)C(=O)NCC(N)C(O)c1ccc(N)cc1. The smallest absolute Gasteiger partial charge is 0.242 e. The number of anilines is 1. The van der Waals surface area contributed by atoms with Gasteiger partial charge in [0.2, 0.25) is 11.8 Å². The maximum atomic E-state index is 12.9. The topological polar surface area (TPSA) is 156 Å². The number of amides is 2. The van der Waals surface area contributed by atoms with Crippen molar-refractivity contribution in [1.82, 2.24) is 10.6 Å². The van der Waals surface area contributed by atoms with Crippen LogP contribution >= 0.6 is 0 Å². The van der Waals surface area contributed by atoms with Crippen LogP contribution in [0.3, 0.4) is 0 Å². The summed E-state index contributed by atoms with van der Waals surface area (Å²) in [6, 6.07) is 13.9. The second-order valence-electron chi connectivity index (χ2n) is 8.51. The van der Waals surface area contributed by atoms with Gasteiger partial charge in [-0.25, -0.2) is 0 Å². The third-order valence-electron chi connectivity index (χ3n) is 5.17. The molecule has 0 saturated heterocycles. The number of carbonyl (C=O) groups excluding carboxylic acids is 2. The first-order chi connectivity index (χ1) is 15.2. The molecule has 8 nitrogen and oxygen atoms in total. The highest BCUT2D eigenvalue weighted by Gasteiger charge is 2.26. The molecular weight excluding hydrogens is 406 g/mol. The third kappa shape index (κ3) is 7.96. The molecule has 0 bridgehead atoms. The molecule has 0 saturated carbocycles. The van der Waals surface area contributed by atoms with Gasteiger partial charge < -0.3 is 32.9 Å². The Morgan fingerprint density at radius 1 is 0.969 bits per heavy atom. The quantitative estimate of drug-likeness (QED) is 0.284. The molecule has 4 atom stereocenters. The Hall–Kier alpha value is -2.94. The second kappa shape index (κ2) is 12.2. The fourth-order valence-corrected chi connectivity index (χ4v) is 3.35. The van der Waals surface area contributed by atoms with Gasteiger partial charge in [-0.05, 0) is 35.6 Å². The van der Waals surface area contributed by atoms with E-state index in [4.69, 9.17) is 17.2 Å². The lowest BCUT2D eigenvalue weighted by atomic mass is 10.0. The van der Waals surface area contributed by atoms with Crippen molar-refractivity contribution in [3.05, 3.63) is 65.7 Å². The van der Waals surface area contributed by atoms with E-state index in [0.717, 1.165) is 5.56 Å². The van der Waals surface area contributed by atoms with E-state index in [1.54, 1.807) is 24.3 Å². The number of benzene rings is 2. The molecule has 32 heavy (non-hydrogen) atoms. The molecule has 0 radical (unpaired) electrons. The first-order valence-corrected chi connectivity index (χ1v) is 10.8. The maximum absolute atomic E-state index is 12.9. The molecule has 0 fully saturated rings. The molecule has 2 aromatic rings. The monoisotopic (exact) mass is 441 g/mol. The predicted octanol–water partition coefficient (Wildman–Crippen LogP) is 0.847. The summed E-state index contributed by atoms with van der Waals surface area (Å²) in [6.45, 7) is 3.99. The zero-order valence-electron chi connectivity index (χ0n) is 18.7. The van der Waals surface area contributed by atoms with Crippen LogP contribution in [-0.2, 0) is 16.0 Å². The molecule has 0 heterocycles. The predicted molar refractivity (Wildman–Crippen MR) is 126 cm³/mol. The van der Waals surface area contributed by atoms with Crippen LogP contribution in [0.25, 0.3) is 0 Å². The Bertz CT molecular complexity index is 858. The van der Waals surface area contributed by atoms with E-state index in [2.05, 4.69) is 10.6 Å². The van der Waals surface area contributed by atoms with Crippen LogP contribution in [0.4, 0.5) is 5.69 Å². The standard InChI is InChI=1S/C24H35N5O3/c1-15(2)12-19(26)23(31)29-21(13-16-6-4-3-5-7-16)24(32)28-14-20(27)22(30)17-8-10-18(25)11-9-17/h3-11,15,19-22,30H,12-14,25-27H2,1-2H3,(H,28,32)(H,29,31). The number of rotatable bonds is 11. The third-order valence-corrected chi connectivity index (χ3v) is 5.17. The van der Waals surface area contributed by atoms with E-state index in [-0.39, 0.29) is 24.3 Å². The second-order valence-corrected chi connectivity index (χ2v) is 8.51. The van der Waals surface area contributed by atoms with Crippen molar-refractivity contribution < 1.29 is 14.7 Å². The Labute approximate surface area is 189 Å². The molecule has 2 amide bonds. The minimum Gasteiger partial charge on any atom is -0.399 e. The average molecular weight is 442 g/mol. The van der Waals surface area contributed by atoms with Gasteiger partial charge in [-0.3, -0.25) is 9.59 Å². The Morgan fingerprint density at radius 2 is 1.59 bits per heavy atom. The minimum atomic E-state index is -0.975. The first kappa shape index (κ1) is 25.3. The Balaban J connectivity index is 2.02. The van der Waals surface area contributed by atoms with Crippen LogP contribution in [0.5, 0.6) is 0 Å². The molecule has 0 aliphatic carbocycles. The van der Waals surface area contributed by atoms with E-state index in [1.807, 2.05) is 44.2 Å². The lowest BCUT2D eigenvalue weighted by Gasteiger charge is -2.24. The molecule has 4 unspecified atom stereocenters. The molecule has 0 aromatic heterocycles. The largest absolute Gasteiger partial charge is 0.399 e. The van der Waals surface area contributed by atoms with Gasteiger partial charge in [-0.1, -0.05) is 56.3 Å². The van der Waals surface area contributed by atoms with Crippen LogP contribution < -0.4 is 27.8 Å². The van der Waals surface area contributed by atoms with Crippen LogP contribution in [0.2, 0.25) is 0 Å². The van der Waals surface area contributed by atoms with Crippen LogP contribution in [-0.4, -0.2) is 41.6 Å². The molecule has 0 aliphatic rings. The van der Waals surface area contributed by atoms with Gasteiger partial charge in [-0.15, -0.1) is 0 Å². The molecular formula is C24H35N5O3. The van der Waals surface area contributed by atoms with Gasteiger partial charge in [0.05, 0.1) is 18.2 Å². The maximum Gasteiger partial charge on any atom is 0.242 e. The zero-order chi connectivity index (χ0) is 23.7. The average Bonchev–Trinajstić information content (AvgIpc) is 2.77. The lowest BCUT2D eigenvalue weighted by Crippen LogP contribution is -2.54. The van der Waals surface area contributed by atoms with Crippen molar-refractivity contribution in [2.45, 2.75) is 50.9 Å². The van der Waals surface area contributed by atoms with Crippen molar-refractivity contribution in [2.24, 2.45) is 17.4 Å². The summed E-state index contributed by atoms with van der Waals surface area (Å²) in [5.41, 5.74) is 19.8. The van der Waals surface area contributed by atoms with Crippen LogP contribution in [0.1, 0.15) is 37.5 Å².